The first kappa shape index (κ1) is 14.0. The molecule has 23 heavy (non-hydrogen) atoms. The summed E-state index contributed by atoms with van der Waals surface area (Å²) in [5.41, 5.74) is 2.72. The molecular formula is C19H17NO3. The van der Waals surface area contributed by atoms with E-state index in [0.717, 1.165) is 24.2 Å². The van der Waals surface area contributed by atoms with E-state index in [0.29, 0.717) is 30.1 Å². The summed E-state index contributed by atoms with van der Waals surface area (Å²) >= 11 is 0. The Hall–Kier alpha value is -2.59. The van der Waals surface area contributed by atoms with Crippen LogP contribution >= 0.6 is 0 Å². The minimum Gasteiger partial charge on any atom is -0.440 e. The highest BCUT2D eigenvalue weighted by Crippen LogP contribution is 2.25. The Bertz CT molecular complexity index is 880. The first-order valence-corrected chi connectivity index (χ1v) is 7.77. The van der Waals surface area contributed by atoms with Crippen molar-refractivity contribution in [3.05, 3.63) is 64.8 Å². The first-order chi connectivity index (χ1) is 11.3. The van der Waals surface area contributed by atoms with Gasteiger partial charge in [0.2, 0.25) is 0 Å². The minimum atomic E-state index is -0.00878. The van der Waals surface area contributed by atoms with Crippen molar-refractivity contribution in [2.45, 2.75) is 0 Å². The van der Waals surface area contributed by atoms with Crippen molar-refractivity contribution in [1.82, 2.24) is 0 Å². The van der Waals surface area contributed by atoms with Gasteiger partial charge in [0.25, 0.3) is 0 Å². The van der Waals surface area contributed by atoms with Gasteiger partial charge in [-0.15, -0.1) is 0 Å². The molecule has 1 saturated heterocycles. The van der Waals surface area contributed by atoms with Gasteiger partial charge in [0.05, 0.1) is 18.6 Å². The Morgan fingerprint density at radius 1 is 0.870 bits per heavy atom. The molecule has 4 rings (SSSR count). The molecule has 4 nitrogen and oxygen atoms in total. The standard InChI is InChI=1S/C19H17NO3/c21-17-13-19(20-8-10-22-11-9-20)23-18-7-6-15(12-16(17)18)14-4-2-1-3-5-14/h1-7,12-13H,8-11H2. The molecule has 0 spiro atoms. The lowest BCUT2D eigenvalue weighted by Crippen LogP contribution is -2.36. The van der Waals surface area contributed by atoms with Crippen molar-refractivity contribution >= 4 is 16.9 Å². The third-order valence-electron chi connectivity index (χ3n) is 4.14. The molecule has 0 saturated carbocycles. The molecule has 0 N–H and O–H groups in total. The van der Waals surface area contributed by atoms with Gasteiger partial charge in [-0.05, 0) is 23.3 Å². The molecule has 2 heterocycles. The fourth-order valence-corrected chi connectivity index (χ4v) is 2.89. The van der Waals surface area contributed by atoms with E-state index in [-0.39, 0.29) is 5.43 Å². The summed E-state index contributed by atoms with van der Waals surface area (Å²) in [5.74, 6) is 0.623. The molecule has 3 aromatic rings. The minimum absolute atomic E-state index is 0.00878. The van der Waals surface area contributed by atoms with Crippen LogP contribution < -0.4 is 10.3 Å². The number of hydrogen-bond acceptors (Lipinski definition) is 4. The van der Waals surface area contributed by atoms with Crippen LogP contribution in [-0.2, 0) is 4.74 Å². The first-order valence-electron chi connectivity index (χ1n) is 7.77. The van der Waals surface area contributed by atoms with Gasteiger partial charge in [-0.1, -0.05) is 36.4 Å². The average Bonchev–Trinajstić information content (AvgIpc) is 2.63. The number of benzene rings is 2. The Morgan fingerprint density at radius 2 is 1.65 bits per heavy atom. The molecule has 0 unspecified atom stereocenters. The van der Waals surface area contributed by atoms with Crippen molar-refractivity contribution in [3.63, 3.8) is 0 Å². The molecule has 0 amide bonds. The van der Waals surface area contributed by atoms with Crippen LogP contribution in [0.5, 0.6) is 0 Å². The summed E-state index contributed by atoms with van der Waals surface area (Å²) in [6, 6.07) is 17.4. The highest BCUT2D eigenvalue weighted by Gasteiger charge is 2.15. The second kappa shape index (κ2) is 5.89. The van der Waals surface area contributed by atoms with Gasteiger partial charge in [-0.2, -0.15) is 0 Å². The summed E-state index contributed by atoms with van der Waals surface area (Å²) in [4.78, 5) is 14.6. The highest BCUT2D eigenvalue weighted by molar-refractivity contribution is 5.83. The van der Waals surface area contributed by atoms with E-state index in [1.807, 2.05) is 48.5 Å². The zero-order chi connectivity index (χ0) is 15.6. The van der Waals surface area contributed by atoms with Crippen molar-refractivity contribution in [1.29, 1.82) is 0 Å². The van der Waals surface area contributed by atoms with Gasteiger partial charge in [0.15, 0.2) is 11.3 Å². The molecule has 0 radical (unpaired) electrons. The molecular weight excluding hydrogens is 290 g/mol. The molecule has 1 fully saturated rings. The van der Waals surface area contributed by atoms with Gasteiger partial charge in [-0.3, -0.25) is 4.79 Å². The van der Waals surface area contributed by atoms with Gasteiger partial charge in [0.1, 0.15) is 5.58 Å². The number of anilines is 1. The second-order valence-corrected chi connectivity index (χ2v) is 5.63. The zero-order valence-corrected chi connectivity index (χ0v) is 12.7. The van der Waals surface area contributed by atoms with Gasteiger partial charge < -0.3 is 14.1 Å². The van der Waals surface area contributed by atoms with Crippen molar-refractivity contribution in [2.75, 3.05) is 31.2 Å². The van der Waals surface area contributed by atoms with E-state index in [2.05, 4.69) is 4.90 Å². The maximum atomic E-state index is 12.5. The van der Waals surface area contributed by atoms with Gasteiger partial charge >= 0.3 is 0 Å². The average molecular weight is 307 g/mol. The summed E-state index contributed by atoms with van der Waals surface area (Å²) < 4.78 is 11.3. The normalized spacial score (nSPS) is 15.0. The molecule has 0 aliphatic carbocycles. The third-order valence-corrected chi connectivity index (χ3v) is 4.14. The van der Waals surface area contributed by atoms with E-state index in [1.165, 1.54) is 0 Å². The number of hydrogen-bond donors (Lipinski definition) is 0. The molecule has 1 aromatic heterocycles. The van der Waals surface area contributed by atoms with E-state index in [1.54, 1.807) is 6.07 Å². The monoisotopic (exact) mass is 307 g/mol. The third kappa shape index (κ3) is 2.73. The van der Waals surface area contributed by atoms with Crippen LogP contribution in [0, 0.1) is 0 Å². The van der Waals surface area contributed by atoms with E-state index in [9.17, 15) is 4.79 Å². The fourth-order valence-electron chi connectivity index (χ4n) is 2.89. The Morgan fingerprint density at radius 3 is 2.43 bits per heavy atom. The Kier molecular flexibility index (Phi) is 3.60. The maximum Gasteiger partial charge on any atom is 0.200 e. The van der Waals surface area contributed by atoms with Crippen LogP contribution in [0.25, 0.3) is 22.1 Å². The molecule has 116 valence electrons. The van der Waals surface area contributed by atoms with Crippen molar-refractivity contribution in [2.24, 2.45) is 0 Å². The lowest BCUT2D eigenvalue weighted by molar-refractivity contribution is 0.121. The second-order valence-electron chi connectivity index (χ2n) is 5.63. The zero-order valence-electron chi connectivity index (χ0n) is 12.7. The van der Waals surface area contributed by atoms with Crippen LogP contribution in [0.1, 0.15) is 0 Å². The van der Waals surface area contributed by atoms with Crippen LogP contribution in [0.3, 0.4) is 0 Å². The Labute approximate surface area is 133 Å². The summed E-state index contributed by atoms with van der Waals surface area (Å²) in [6.45, 7) is 2.82. The number of ether oxygens (including phenoxy) is 1. The van der Waals surface area contributed by atoms with E-state index < -0.39 is 0 Å². The topological polar surface area (TPSA) is 42.7 Å². The highest BCUT2D eigenvalue weighted by atomic mass is 16.5. The van der Waals surface area contributed by atoms with Crippen molar-refractivity contribution in [3.8, 4) is 11.1 Å². The lowest BCUT2D eigenvalue weighted by Gasteiger charge is -2.27. The molecule has 0 bridgehead atoms. The predicted molar refractivity (Wildman–Crippen MR) is 91.0 cm³/mol. The number of nitrogens with zero attached hydrogens (tertiary/aromatic N) is 1. The Balaban J connectivity index is 1.78. The molecule has 2 aromatic carbocycles. The number of fused-ring (bicyclic) bond motifs is 1. The summed E-state index contributed by atoms with van der Waals surface area (Å²) in [7, 11) is 0. The van der Waals surface area contributed by atoms with E-state index >= 15 is 0 Å². The quantitative estimate of drug-likeness (QED) is 0.728. The van der Waals surface area contributed by atoms with Crippen LogP contribution in [-0.4, -0.2) is 26.3 Å². The van der Waals surface area contributed by atoms with Gasteiger partial charge in [0, 0.05) is 19.2 Å². The van der Waals surface area contributed by atoms with E-state index in [4.69, 9.17) is 9.15 Å². The fraction of sp³-hybridized carbons (Fsp3) is 0.211. The predicted octanol–water partition coefficient (Wildman–Crippen LogP) is 3.30. The summed E-state index contributed by atoms with van der Waals surface area (Å²) in [5, 5.41) is 0.614. The largest absolute Gasteiger partial charge is 0.440 e. The lowest BCUT2D eigenvalue weighted by atomic mass is 10.0. The van der Waals surface area contributed by atoms with Crippen molar-refractivity contribution < 1.29 is 9.15 Å². The molecule has 0 atom stereocenters. The smallest absolute Gasteiger partial charge is 0.200 e. The number of rotatable bonds is 2. The maximum absolute atomic E-state index is 12.5. The SMILES string of the molecule is O=c1cc(N2CCOCC2)oc2ccc(-c3ccccc3)cc12. The molecule has 1 aliphatic heterocycles. The molecule has 1 aliphatic rings. The summed E-state index contributed by atoms with van der Waals surface area (Å²) in [6.07, 6.45) is 0. The van der Waals surface area contributed by atoms with Crippen LogP contribution in [0.2, 0.25) is 0 Å². The van der Waals surface area contributed by atoms with Crippen LogP contribution in [0.4, 0.5) is 5.88 Å². The number of morpholine rings is 1. The van der Waals surface area contributed by atoms with Gasteiger partial charge in [-0.25, -0.2) is 0 Å². The molecule has 4 heteroatoms. The van der Waals surface area contributed by atoms with Crippen LogP contribution in [0.15, 0.2) is 63.8 Å².